The number of fused-ring (bicyclic) bond motifs is 1. The average Bonchev–Trinajstić information content (AvgIpc) is 2.65. The lowest BCUT2D eigenvalue weighted by molar-refractivity contribution is 0.263. The summed E-state index contributed by atoms with van der Waals surface area (Å²) in [5.74, 6) is 0.954. The molecule has 0 unspecified atom stereocenters. The minimum atomic E-state index is 0.720. The molecule has 0 saturated heterocycles. The highest BCUT2D eigenvalue weighted by Gasteiger charge is 2.01. The Morgan fingerprint density at radius 3 is 2.93 bits per heavy atom. The number of likely N-dealkylation sites (N-methyl/N-ethyl adjacent to an activating group) is 1. The molecular weight excluding hydrogens is 188 g/mol. The molecule has 3 heteroatoms. The van der Waals surface area contributed by atoms with Gasteiger partial charge in [-0.15, -0.1) is 0 Å². The van der Waals surface area contributed by atoms with E-state index in [1.54, 1.807) is 0 Å². The fourth-order valence-electron chi connectivity index (χ4n) is 1.52. The van der Waals surface area contributed by atoms with Crippen molar-refractivity contribution < 1.29 is 4.74 Å². The Morgan fingerprint density at radius 2 is 2.13 bits per heavy atom. The van der Waals surface area contributed by atoms with Crippen LogP contribution in [-0.2, 0) is 0 Å². The first-order valence-corrected chi connectivity index (χ1v) is 5.11. The molecule has 0 aliphatic carbocycles. The standard InChI is InChI=1S/C12H16N2O/c1-14(2)8-9-15-12-5-3-4-11-10(12)6-7-13-11/h3-7,13H,8-9H2,1-2H3. The van der Waals surface area contributed by atoms with Gasteiger partial charge in [-0.05, 0) is 32.3 Å². The van der Waals surface area contributed by atoms with E-state index in [2.05, 4.69) is 9.88 Å². The molecule has 1 aromatic carbocycles. The van der Waals surface area contributed by atoms with Gasteiger partial charge in [0.1, 0.15) is 12.4 Å². The molecule has 0 bridgehead atoms. The molecule has 0 spiro atoms. The van der Waals surface area contributed by atoms with E-state index in [0.717, 1.165) is 29.8 Å². The van der Waals surface area contributed by atoms with Crippen molar-refractivity contribution in [3.63, 3.8) is 0 Å². The summed E-state index contributed by atoms with van der Waals surface area (Å²) in [7, 11) is 4.08. The van der Waals surface area contributed by atoms with Crippen molar-refractivity contribution in [3.8, 4) is 5.75 Å². The average molecular weight is 204 g/mol. The number of nitrogens with zero attached hydrogens (tertiary/aromatic N) is 1. The largest absolute Gasteiger partial charge is 0.492 e. The van der Waals surface area contributed by atoms with Gasteiger partial charge >= 0.3 is 0 Å². The first kappa shape index (κ1) is 10.1. The van der Waals surface area contributed by atoms with Crippen LogP contribution in [0.3, 0.4) is 0 Å². The maximum absolute atomic E-state index is 5.73. The number of aromatic amines is 1. The number of rotatable bonds is 4. The van der Waals surface area contributed by atoms with Crippen LogP contribution in [0, 0.1) is 0 Å². The second-order valence-corrected chi connectivity index (χ2v) is 3.85. The summed E-state index contributed by atoms with van der Waals surface area (Å²) < 4.78 is 5.73. The molecule has 1 N–H and O–H groups in total. The monoisotopic (exact) mass is 204 g/mol. The molecule has 1 heterocycles. The Labute approximate surface area is 89.7 Å². The highest BCUT2D eigenvalue weighted by molar-refractivity contribution is 5.85. The van der Waals surface area contributed by atoms with Gasteiger partial charge in [-0.25, -0.2) is 0 Å². The lowest BCUT2D eigenvalue weighted by Crippen LogP contribution is -2.19. The molecule has 0 aliphatic rings. The molecule has 0 aliphatic heterocycles. The topological polar surface area (TPSA) is 28.3 Å². The highest BCUT2D eigenvalue weighted by Crippen LogP contribution is 2.24. The third-order valence-electron chi connectivity index (χ3n) is 2.35. The van der Waals surface area contributed by atoms with Gasteiger partial charge in [-0.2, -0.15) is 0 Å². The summed E-state index contributed by atoms with van der Waals surface area (Å²) in [5, 5.41) is 1.15. The van der Waals surface area contributed by atoms with Crippen molar-refractivity contribution >= 4 is 10.9 Å². The predicted octanol–water partition coefficient (Wildman–Crippen LogP) is 2.11. The second-order valence-electron chi connectivity index (χ2n) is 3.85. The van der Waals surface area contributed by atoms with E-state index in [9.17, 15) is 0 Å². The SMILES string of the molecule is CN(C)CCOc1cccc2[nH]ccc12. The first-order chi connectivity index (χ1) is 7.27. The van der Waals surface area contributed by atoms with E-state index in [1.807, 2.05) is 44.6 Å². The molecule has 2 aromatic rings. The van der Waals surface area contributed by atoms with Gasteiger partial charge in [0.2, 0.25) is 0 Å². The van der Waals surface area contributed by atoms with Gasteiger partial charge in [0.25, 0.3) is 0 Å². The highest BCUT2D eigenvalue weighted by atomic mass is 16.5. The number of hydrogen-bond donors (Lipinski definition) is 1. The fourth-order valence-corrected chi connectivity index (χ4v) is 1.52. The lowest BCUT2D eigenvalue weighted by atomic mass is 10.2. The van der Waals surface area contributed by atoms with Gasteiger partial charge in [0.15, 0.2) is 0 Å². The van der Waals surface area contributed by atoms with Crippen LogP contribution in [0.4, 0.5) is 0 Å². The van der Waals surface area contributed by atoms with Crippen LogP contribution < -0.4 is 4.74 Å². The third kappa shape index (κ3) is 2.30. The van der Waals surface area contributed by atoms with Crippen LogP contribution in [0.2, 0.25) is 0 Å². The quantitative estimate of drug-likeness (QED) is 0.826. The van der Waals surface area contributed by atoms with E-state index < -0.39 is 0 Å². The van der Waals surface area contributed by atoms with Crippen molar-refractivity contribution in [1.29, 1.82) is 0 Å². The van der Waals surface area contributed by atoms with E-state index in [0.29, 0.717) is 0 Å². The van der Waals surface area contributed by atoms with E-state index in [1.165, 1.54) is 0 Å². The Morgan fingerprint density at radius 1 is 1.27 bits per heavy atom. The van der Waals surface area contributed by atoms with Gasteiger partial charge in [-0.3, -0.25) is 0 Å². The Kier molecular flexibility index (Phi) is 2.92. The van der Waals surface area contributed by atoms with E-state index >= 15 is 0 Å². The molecular formula is C12H16N2O. The van der Waals surface area contributed by atoms with Crippen molar-refractivity contribution in [2.45, 2.75) is 0 Å². The summed E-state index contributed by atoms with van der Waals surface area (Å²) in [4.78, 5) is 5.28. The number of ether oxygens (including phenoxy) is 1. The second kappa shape index (κ2) is 4.36. The van der Waals surface area contributed by atoms with Crippen molar-refractivity contribution in [1.82, 2.24) is 9.88 Å². The van der Waals surface area contributed by atoms with Gasteiger partial charge in [-0.1, -0.05) is 6.07 Å². The number of hydrogen-bond acceptors (Lipinski definition) is 2. The first-order valence-electron chi connectivity index (χ1n) is 5.11. The van der Waals surface area contributed by atoms with Crippen LogP contribution in [-0.4, -0.2) is 37.1 Å². The van der Waals surface area contributed by atoms with Crippen LogP contribution in [0.5, 0.6) is 5.75 Å². The van der Waals surface area contributed by atoms with Gasteiger partial charge < -0.3 is 14.6 Å². The molecule has 1 aromatic heterocycles. The van der Waals surface area contributed by atoms with Crippen molar-refractivity contribution in [2.24, 2.45) is 0 Å². The van der Waals surface area contributed by atoms with Crippen LogP contribution in [0.15, 0.2) is 30.5 Å². The van der Waals surface area contributed by atoms with Crippen LogP contribution in [0.25, 0.3) is 10.9 Å². The Hall–Kier alpha value is -1.48. The Balaban J connectivity index is 2.10. The van der Waals surface area contributed by atoms with Gasteiger partial charge in [0.05, 0.1) is 0 Å². The molecule has 3 nitrogen and oxygen atoms in total. The van der Waals surface area contributed by atoms with Crippen LogP contribution >= 0.6 is 0 Å². The minimum Gasteiger partial charge on any atom is -0.492 e. The number of benzene rings is 1. The zero-order valence-corrected chi connectivity index (χ0v) is 9.16. The molecule has 0 amide bonds. The molecule has 2 rings (SSSR count). The molecule has 0 radical (unpaired) electrons. The molecule has 0 atom stereocenters. The predicted molar refractivity (Wildman–Crippen MR) is 62.3 cm³/mol. The Bertz CT molecular complexity index is 434. The normalized spacial score (nSPS) is 11.1. The zero-order chi connectivity index (χ0) is 10.7. The maximum Gasteiger partial charge on any atom is 0.128 e. The van der Waals surface area contributed by atoms with E-state index in [4.69, 9.17) is 4.74 Å². The summed E-state index contributed by atoms with van der Waals surface area (Å²) in [6.45, 7) is 1.65. The van der Waals surface area contributed by atoms with Crippen LogP contribution in [0.1, 0.15) is 0 Å². The number of nitrogens with one attached hydrogen (secondary N) is 1. The maximum atomic E-state index is 5.73. The molecule has 80 valence electrons. The lowest BCUT2D eigenvalue weighted by Gasteiger charge is -2.11. The summed E-state index contributed by atoms with van der Waals surface area (Å²) >= 11 is 0. The molecule has 0 fully saturated rings. The summed E-state index contributed by atoms with van der Waals surface area (Å²) in [5.41, 5.74) is 1.12. The molecule has 15 heavy (non-hydrogen) atoms. The van der Waals surface area contributed by atoms with E-state index in [-0.39, 0.29) is 0 Å². The molecule has 0 saturated carbocycles. The van der Waals surface area contributed by atoms with Crippen molar-refractivity contribution in [3.05, 3.63) is 30.5 Å². The zero-order valence-electron chi connectivity index (χ0n) is 9.16. The minimum absolute atomic E-state index is 0.720. The van der Waals surface area contributed by atoms with Crippen molar-refractivity contribution in [2.75, 3.05) is 27.2 Å². The summed E-state index contributed by atoms with van der Waals surface area (Å²) in [6.07, 6.45) is 1.93. The fraction of sp³-hybridized carbons (Fsp3) is 0.333. The number of H-pyrrole nitrogens is 1. The van der Waals surface area contributed by atoms with Gasteiger partial charge in [0, 0.05) is 23.6 Å². The number of aromatic nitrogens is 1. The smallest absolute Gasteiger partial charge is 0.128 e. The third-order valence-corrected chi connectivity index (χ3v) is 2.35. The summed E-state index contributed by atoms with van der Waals surface area (Å²) in [6, 6.07) is 8.10.